The van der Waals surface area contributed by atoms with E-state index in [0.717, 1.165) is 12.0 Å². The Bertz CT molecular complexity index is 699. The molecule has 1 aromatic carbocycles. The smallest absolute Gasteiger partial charge is 0.263 e. The molecule has 5 nitrogen and oxygen atoms in total. The van der Waals surface area contributed by atoms with E-state index in [1.54, 1.807) is 10.6 Å². The van der Waals surface area contributed by atoms with Crippen LogP contribution in [0.25, 0.3) is 0 Å². The summed E-state index contributed by atoms with van der Waals surface area (Å²) in [6.45, 7) is 4.33. The first-order valence-corrected chi connectivity index (χ1v) is 8.40. The molecule has 21 heavy (non-hydrogen) atoms. The van der Waals surface area contributed by atoms with E-state index in [-0.39, 0.29) is 11.5 Å². The van der Waals surface area contributed by atoms with Crippen LogP contribution in [0.5, 0.6) is 0 Å². The van der Waals surface area contributed by atoms with E-state index in [1.807, 2.05) is 32.0 Å². The quantitative estimate of drug-likeness (QED) is 0.860. The summed E-state index contributed by atoms with van der Waals surface area (Å²) in [5, 5.41) is 9.25. The summed E-state index contributed by atoms with van der Waals surface area (Å²) in [4.78, 5) is 0.162. The zero-order chi connectivity index (χ0) is 15.5. The van der Waals surface area contributed by atoms with E-state index in [2.05, 4.69) is 4.72 Å². The molecule has 6 heteroatoms. The van der Waals surface area contributed by atoms with Gasteiger partial charge >= 0.3 is 0 Å². The lowest BCUT2D eigenvalue weighted by Gasteiger charge is -2.07. The Morgan fingerprint density at radius 2 is 2.00 bits per heavy atom. The molecule has 114 valence electrons. The molecular formula is C15H20N2O3S. The first-order chi connectivity index (χ1) is 10.00. The van der Waals surface area contributed by atoms with Gasteiger partial charge in [0.15, 0.2) is 0 Å². The fourth-order valence-corrected chi connectivity index (χ4v) is 3.28. The van der Waals surface area contributed by atoms with Crippen LogP contribution in [0, 0.1) is 0 Å². The lowest BCUT2D eigenvalue weighted by atomic mass is 10.1. The van der Waals surface area contributed by atoms with Crippen molar-refractivity contribution in [1.29, 1.82) is 0 Å². The van der Waals surface area contributed by atoms with Crippen molar-refractivity contribution in [2.75, 3.05) is 4.72 Å². The summed E-state index contributed by atoms with van der Waals surface area (Å²) in [6, 6.07) is 8.82. The monoisotopic (exact) mass is 308 g/mol. The van der Waals surface area contributed by atoms with Crippen molar-refractivity contribution < 1.29 is 13.5 Å². The number of sulfonamides is 1. The minimum Gasteiger partial charge on any atom is -0.390 e. The van der Waals surface area contributed by atoms with Crippen molar-refractivity contribution in [3.63, 3.8) is 0 Å². The third-order valence-corrected chi connectivity index (χ3v) is 4.71. The van der Waals surface area contributed by atoms with Gasteiger partial charge in [0.2, 0.25) is 0 Å². The van der Waals surface area contributed by atoms with Crippen molar-refractivity contribution in [2.24, 2.45) is 0 Å². The fourth-order valence-electron chi connectivity index (χ4n) is 2.17. The van der Waals surface area contributed by atoms with Crippen LogP contribution in [0.2, 0.25) is 0 Å². The standard InChI is InChI=1S/C15H20N2O3S/c1-3-12-6-5-7-13(8-12)16-21(19,20)15-9-14(11-18)17(4-2)10-15/h5-10,16,18H,3-4,11H2,1-2H3. The number of nitrogens with one attached hydrogen (secondary N) is 1. The summed E-state index contributed by atoms with van der Waals surface area (Å²) in [6.07, 6.45) is 2.38. The highest BCUT2D eigenvalue weighted by atomic mass is 32.2. The largest absolute Gasteiger partial charge is 0.390 e. The molecule has 0 bridgehead atoms. The maximum Gasteiger partial charge on any atom is 0.263 e. The minimum absolute atomic E-state index is 0.162. The number of nitrogens with zero attached hydrogens (tertiary/aromatic N) is 1. The van der Waals surface area contributed by atoms with Gasteiger partial charge in [-0.15, -0.1) is 0 Å². The van der Waals surface area contributed by atoms with Gasteiger partial charge in [-0.25, -0.2) is 8.42 Å². The van der Waals surface area contributed by atoms with Crippen LogP contribution in [0.4, 0.5) is 5.69 Å². The Labute approximate surface area is 125 Å². The number of hydrogen-bond acceptors (Lipinski definition) is 3. The zero-order valence-electron chi connectivity index (χ0n) is 12.2. The molecule has 1 heterocycles. The van der Waals surface area contributed by atoms with Crippen molar-refractivity contribution in [2.45, 2.75) is 38.3 Å². The molecule has 0 aliphatic rings. The van der Waals surface area contributed by atoms with E-state index in [9.17, 15) is 13.5 Å². The molecule has 0 aliphatic carbocycles. The second-order valence-corrected chi connectivity index (χ2v) is 6.45. The van der Waals surface area contributed by atoms with Crippen molar-refractivity contribution in [3.8, 4) is 0 Å². The number of aliphatic hydroxyl groups excluding tert-OH is 1. The van der Waals surface area contributed by atoms with Crippen LogP contribution < -0.4 is 4.72 Å². The maximum absolute atomic E-state index is 12.4. The van der Waals surface area contributed by atoms with Gasteiger partial charge in [-0.05, 0) is 37.1 Å². The molecule has 0 atom stereocenters. The summed E-state index contributed by atoms with van der Waals surface area (Å²) < 4.78 is 29.1. The average molecular weight is 308 g/mol. The zero-order valence-corrected chi connectivity index (χ0v) is 13.0. The molecule has 2 aromatic rings. The molecule has 1 aromatic heterocycles. The average Bonchev–Trinajstić information content (AvgIpc) is 2.91. The Morgan fingerprint density at radius 3 is 2.57 bits per heavy atom. The highest BCUT2D eigenvalue weighted by Gasteiger charge is 2.18. The predicted molar refractivity (Wildman–Crippen MR) is 82.7 cm³/mol. The van der Waals surface area contributed by atoms with Gasteiger partial charge in [0.1, 0.15) is 4.90 Å². The fraction of sp³-hybridized carbons (Fsp3) is 0.333. The SMILES string of the molecule is CCc1cccc(NS(=O)(=O)c2cc(CO)n(CC)c2)c1. The van der Waals surface area contributed by atoms with Crippen LogP contribution in [0.3, 0.4) is 0 Å². The number of hydrogen-bond donors (Lipinski definition) is 2. The molecule has 0 saturated carbocycles. The van der Waals surface area contributed by atoms with Gasteiger partial charge in [-0.2, -0.15) is 0 Å². The highest BCUT2D eigenvalue weighted by molar-refractivity contribution is 7.92. The summed E-state index contributed by atoms with van der Waals surface area (Å²) in [5.74, 6) is 0. The second kappa shape index (κ2) is 6.32. The van der Waals surface area contributed by atoms with Crippen LogP contribution in [-0.4, -0.2) is 18.1 Å². The van der Waals surface area contributed by atoms with Crippen molar-refractivity contribution in [3.05, 3.63) is 47.8 Å². The molecule has 0 unspecified atom stereocenters. The Kier molecular flexibility index (Phi) is 4.69. The Balaban J connectivity index is 2.31. The molecule has 2 N–H and O–H groups in total. The molecule has 0 aliphatic heterocycles. The van der Waals surface area contributed by atoms with Crippen molar-refractivity contribution in [1.82, 2.24) is 4.57 Å². The number of aliphatic hydroxyl groups is 1. The molecule has 0 amide bonds. The highest BCUT2D eigenvalue weighted by Crippen LogP contribution is 2.20. The topological polar surface area (TPSA) is 71.3 Å². The number of anilines is 1. The van der Waals surface area contributed by atoms with Gasteiger partial charge in [0.05, 0.1) is 6.61 Å². The third-order valence-electron chi connectivity index (χ3n) is 3.36. The van der Waals surface area contributed by atoms with Crippen LogP contribution >= 0.6 is 0 Å². The normalized spacial score (nSPS) is 11.6. The number of benzene rings is 1. The molecular weight excluding hydrogens is 288 g/mol. The van der Waals surface area contributed by atoms with Gasteiger partial charge in [-0.1, -0.05) is 19.1 Å². The Morgan fingerprint density at radius 1 is 1.24 bits per heavy atom. The summed E-state index contributed by atoms with van der Waals surface area (Å²) in [7, 11) is -3.64. The van der Waals surface area contributed by atoms with Crippen LogP contribution in [-0.2, 0) is 29.6 Å². The van der Waals surface area contributed by atoms with Gasteiger partial charge in [0.25, 0.3) is 10.0 Å². The van der Waals surface area contributed by atoms with Crippen molar-refractivity contribution >= 4 is 15.7 Å². The van der Waals surface area contributed by atoms with Gasteiger partial charge in [0, 0.05) is 24.1 Å². The molecule has 0 spiro atoms. The van der Waals surface area contributed by atoms with E-state index in [0.29, 0.717) is 17.9 Å². The van der Waals surface area contributed by atoms with E-state index >= 15 is 0 Å². The summed E-state index contributed by atoms with van der Waals surface area (Å²) in [5.41, 5.74) is 2.20. The summed E-state index contributed by atoms with van der Waals surface area (Å²) >= 11 is 0. The third kappa shape index (κ3) is 3.46. The van der Waals surface area contributed by atoms with Gasteiger partial charge in [-0.3, -0.25) is 4.72 Å². The number of rotatable bonds is 6. The lowest BCUT2D eigenvalue weighted by molar-refractivity contribution is 0.271. The number of aromatic nitrogens is 1. The molecule has 2 rings (SSSR count). The lowest BCUT2D eigenvalue weighted by Crippen LogP contribution is -2.12. The molecule has 0 saturated heterocycles. The Hall–Kier alpha value is -1.79. The van der Waals surface area contributed by atoms with Gasteiger partial charge < -0.3 is 9.67 Å². The molecule has 0 radical (unpaired) electrons. The van der Waals surface area contributed by atoms with E-state index < -0.39 is 10.0 Å². The first kappa shape index (κ1) is 15.6. The molecule has 0 fully saturated rings. The maximum atomic E-state index is 12.4. The van der Waals surface area contributed by atoms with Crippen LogP contribution in [0.15, 0.2) is 41.4 Å². The predicted octanol–water partition coefficient (Wildman–Crippen LogP) is 2.36. The first-order valence-electron chi connectivity index (χ1n) is 6.91. The second-order valence-electron chi connectivity index (χ2n) is 4.77. The van der Waals surface area contributed by atoms with Crippen LogP contribution in [0.1, 0.15) is 25.1 Å². The minimum atomic E-state index is -3.64. The van der Waals surface area contributed by atoms with E-state index in [1.165, 1.54) is 12.3 Å². The van der Waals surface area contributed by atoms with E-state index in [4.69, 9.17) is 0 Å². The number of aryl methyl sites for hydroxylation is 2.